The molecule has 3 aromatic rings. The van der Waals surface area contributed by atoms with E-state index in [-0.39, 0.29) is 15.6 Å². The van der Waals surface area contributed by atoms with Gasteiger partial charge in [-0.15, -0.1) is 10.2 Å². The highest BCUT2D eigenvalue weighted by atomic mass is 32.2. The third-order valence-electron chi connectivity index (χ3n) is 4.43. The fraction of sp³-hybridized carbons (Fsp3) is 0.222. The molecule has 2 heterocycles. The van der Waals surface area contributed by atoms with Crippen molar-refractivity contribution in [3.63, 3.8) is 0 Å². The lowest BCUT2D eigenvalue weighted by Gasteiger charge is -2.26. The van der Waals surface area contributed by atoms with E-state index in [2.05, 4.69) is 10.2 Å². The molecule has 0 atom stereocenters. The van der Waals surface area contributed by atoms with Crippen molar-refractivity contribution in [3.05, 3.63) is 48.3 Å². The lowest BCUT2D eigenvalue weighted by Crippen LogP contribution is -2.38. The van der Waals surface area contributed by atoms with Crippen LogP contribution in [0.25, 0.3) is 21.7 Å². The third kappa shape index (κ3) is 3.64. The van der Waals surface area contributed by atoms with Crippen molar-refractivity contribution in [1.82, 2.24) is 14.5 Å². The Morgan fingerprint density at radius 2 is 1.79 bits per heavy atom. The number of sulfonamides is 1. The summed E-state index contributed by atoms with van der Waals surface area (Å²) < 4.78 is 42.5. The van der Waals surface area contributed by atoms with E-state index in [0.717, 1.165) is 22.8 Å². The summed E-state index contributed by atoms with van der Waals surface area (Å²) in [6, 6.07) is 11.3. The van der Waals surface area contributed by atoms with Crippen LogP contribution in [0.3, 0.4) is 0 Å². The number of nitrogen functional groups attached to an aromatic ring is 1. The highest BCUT2D eigenvalue weighted by molar-refractivity contribution is 7.99. The van der Waals surface area contributed by atoms with Crippen LogP contribution in [0.15, 0.2) is 47.4 Å². The van der Waals surface area contributed by atoms with Gasteiger partial charge in [0.2, 0.25) is 15.2 Å². The average Bonchev–Trinajstić information content (AvgIpc) is 3.14. The molecule has 0 radical (unpaired) electrons. The van der Waals surface area contributed by atoms with E-state index in [9.17, 15) is 12.8 Å². The monoisotopic (exact) mass is 436 g/mol. The second-order valence-corrected chi connectivity index (χ2v) is 10.3. The molecule has 2 N–H and O–H groups in total. The maximum atomic E-state index is 14.7. The zero-order valence-electron chi connectivity index (χ0n) is 14.7. The van der Waals surface area contributed by atoms with E-state index in [1.165, 1.54) is 10.4 Å². The van der Waals surface area contributed by atoms with E-state index in [1.807, 2.05) is 0 Å². The van der Waals surface area contributed by atoms with Gasteiger partial charge in [-0.25, -0.2) is 12.8 Å². The van der Waals surface area contributed by atoms with Gasteiger partial charge in [-0.2, -0.15) is 16.1 Å². The largest absolute Gasteiger partial charge is 0.374 e. The molecule has 6 nitrogen and oxygen atoms in total. The summed E-state index contributed by atoms with van der Waals surface area (Å²) in [5.74, 6) is 1.04. The van der Waals surface area contributed by atoms with Crippen molar-refractivity contribution in [2.24, 2.45) is 0 Å². The van der Waals surface area contributed by atoms with Gasteiger partial charge in [0.05, 0.1) is 4.90 Å². The predicted octanol–water partition coefficient (Wildman–Crippen LogP) is 3.33. The number of nitrogens with two attached hydrogens (primary N) is 1. The van der Waals surface area contributed by atoms with Gasteiger partial charge in [-0.3, -0.25) is 0 Å². The van der Waals surface area contributed by atoms with Crippen LogP contribution in [-0.2, 0) is 10.0 Å². The van der Waals surface area contributed by atoms with Crippen molar-refractivity contribution in [3.8, 4) is 21.7 Å². The lowest BCUT2D eigenvalue weighted by atomic mass is 10.0. The summed E-state index contributed by atoms with van der Waals surface area (Å²) in [4.78, 5) is 0.189. The molecule has 1 fully saturated rings. The average molecular weight is 437 g/mol. The summed E-state index contributed by atoms with van der Waals surface area (Å²) in [5, 5.41) is 8.21. The molecule has 0 saturated carbocycles. The first kappa shape index (κ1) is 19.3. The Balaban J connectivity index is 1.75. The zero-order valence-corrected chi connectivity index (χ0v) is 17.2. The Morgan fingerprint density at radius 3 is 2.46 bits per heavy atom. The first-order valence-electron chi connectivity index (χ1n) is 8.53. The van der Waals surface area contributed by atoms with E-state index < -0.39 is 15.8 Å². The summed E-state index contributed by atoms with van der Waals surface area (Å²) >= 11 is 2.83. The Morgan fingerprint density at radius 1 is 1.04 bits per heavy atom. The number of anilines is 1. The van der Waals surface area contributed by atoms with Gasteiger partial charge in [0.1, 0.15) is 5.82 Å². The smallest absolute Gasteiger partial charge is 0.243 e. The topological polar surface area (TPSA) is 89.2 Å². The lowest BCUT2D eigenvalue weighted by molar-refractivity contribution is 0.444. The van der Waals surface area contributed by atoms with Crippen LogP contribution < -0.4 is 5.73 Å². The van der Waals surface area contributed by atoms with E-state index >= 15 is 0 Å². The number of benzene rings is 2. The molecule has 0 amide bonds. The highest BCUT2D eigenvalue weighted by Gasteiger charge is 2.28. The van der Waals surface area contributed by atoms with Crippen molar-refractivity contribution in [2.75, 3.05) is 30.3 Å². The van der Waals surface area contributed by atoms with Crippen LogP contribution in [0.4, 0.5) is 9.52 Å². The van der Waals surface area contributed by atoms with Gasteiger partial charge >= 0.3 is 0 Å². The van der Waals surface area contributed by atoms with Crippen LogP contribution in [0.5, 0.6) is 0 Å². The van der Waals surface area contributed by atoms with Gasteiger partial charge in [0.15, 0.2) is 5.01 Å². The van der Waals surface area contributed by atoms with Crippen LogP contribution in [0.1, 0.15) is 0 Å². The quantitative estimate of drug-likeness (QED) is 0.675. The Bertz CT molecular complexity index is 1110. The maximum Gasteiger partial charge on any atom is 0.243 e. The second-order valence-electron chi connectivity index (χ2n) is 6.15. The number of nitrogens with zero attached hydrogens (tertiary/aromatic N) is 3. The van der Waals surface area contributed by atoms with Crippen LogP contribution >= 0.6 is 23.1 Å². The van der Waals surface area contributed by atoms with E-state index in [1.54, 1.807) is 48.2 Å². The molecule has 0 aliphatic carbocycles. The van der Waals surface area contributed by atoms with Crippen LogP contribution in [0, 0.1) is 5.82 Å². The number of thioether (sulfide) groups is 1. The molecule has 4 rings (SSSR count). The van der Waals surface area contributed by atoms with Gasteiger partial charge in [-0.1, -0.05) is 35.6 Å². The number of hydrogen-bond donors (Lipinski definition) is 1. The van der Waals surface area contributed by atoms with E-state index in [4.69, 9.17) is 5.73 Å². The van der Waals surface area contributed by atoms with Gasteiger partial charge in [-0.05, 0) is 23.8 Å². The van der Waals surface area contributed by atoms with Crippen molar-refractivity contribution < 1.29 is 12.8 Å². The predicted molar refractivity (Wildman–Crippen MR) is 111 cm³/mol. The Labute approximate surface area is 170 Å². The molecule has 2 aromatic carbocycles. The molecule has 146 valence electrons. The number of hydrogen-bond acceptors (Lipinski definition) is 7. The Kier molecular flexibility index (Phi) is 5.37. The van der Waals surface area contributed by atoms with Crippen molar-refractivity contribution in [2.45, 2.75) is 4.90 Å². The van der Waals surface area contributed by atoms with Crippen molar-refractivity contribution in [1.29, 1.82) is 0 Å². The first-order chi connectivity index (χ1) is 13.5. The second kappa shape index (κ2) is 7.78. The standard InChI is InChI=1S/C18H17FN4O2S3/c19-15-11-12(5-6-14(15)17-21-22-18(20)27-17)13-3-1-2-4-16(13)28(24,25)23-7-9-26-10-8-23/h1-6,11H,7-10H2,(H2,20,22). The minimum absolute atomic E-state index is 0.189. The molecular formula is C18H17FN4O2S3. The maximum absolute atomic E-state index is 14.7. The highest BCUT2D eigenvalue weighted by Crippen LogP contribution is 2.34. The molecular weight excluding hydrogens is 419 g/mol. The molecule has 0 bridgehead atoms. The first-order valence-corrected chi connectivity index (χ1v) is 11.9. The molecule has 10 heteroatoms. The molecule has 1 aromatic heterocycles. The Hall–Kier alpha value is -2.01. The fourth-order valence-electron chi connectivity index (χ4n) is 3.06. The summed E-state index contributed by atoms with van der Waals surface area (Å²) in [5.41, 5.74) is 6.82. The number of aromatic nitrogens is 2. The van der Waals surface area contributed by atoms with Crippen LogP contribution in [-0.4, -0.2) is 47.5 Å². The summed E-state index contributed by atoms with van der Waals surface area (Å²) in [6.45, 7) is 0.959. The summed E-state index contributed by atoms with van der Waals surface area (Å²) in [7, 11) is -3.65. The molecule has 28 heavy (non-hydrogen) atoms. The normalized spacial score (nSPS) is 15.6. The van der Waals surface area contributed by atoms with Gasteiger partial charge in [0, 0.05) is 35.7 Å². The molecule has 1 aliphatic heterocycles. The zero-order chi connectivity index (χ0) is 19.7. The van der Waals surface area contributed by atoms with Crippen molar-refractivity contribution >= 4 is 38.3 Å². The number of rotatable bonds is 4. The minimum Gasteiger partial charge on any atom is -0.374 e. The molecule has 0 spiro atoms. The SMILES string of the molecule is Nc1nnc(-c2ccc(-c3ccccc3S(=O)(=O)N3CCSCC3)cc2F)s1. The van der Waals surface area contributed by atoms with Gasteiger partial charge in [0.25, 0.3) is 0 Å². The minimum atomic E-state index is -3.65. The third-order valence-corrected chi connectivity index (χ3v) is 8.11. The van der Waals surface area contributed by atoms with Crippen LogP contribution in [0.2, 0.25) is 0 Å². The summed E-state index contributed by atoms with van der Waals surface area (Å²) in [6.07, 6.45) is 0. The fourth-order valence-corrected chi connectivity index (χ4v) is 6.48. The number of halogens is 1. The van der Waals surface area contributed by atoms with E-state index in [0.29, 0.717) is 29.2 Å². The molecule has 1 aliphatic rings. The van der Waals surface area contributed by atoms with Gasteiger partial charge < -0.3 is 5.73 Å². The molecule has 0 unspecified atom stereocenters. The molecule has 1 saturated heterocycles.